The van der Waals surface area contributed by atoms with Crippen LogP contribution in [-0.4, -0.2) is 24.9 Å². The average Bonchev–Trinajstić information content (AvgIpc) is 2.28. The Morgan fingerprint density at radius 1 is 1.35 bits per heavy atom. The van der Waals surface area contributed by atoms with Crippen LogP contribution in [0, 0.1) is 0 Å². The van der Waals surface area contributed by atoms with Crippen LogP contribution in [0.15, 0.2) is 22.7 Å². The Morgan fingerprint density at radius 2 is 2.12 bits per heavy atom. The minimum absolute atomic E-state index is 0.523. The maximum Gasteiger partial charge on any atom is 0.126 e. The maximum absolute atomic E-state index is 9.62. The van der Waals surface area contributed by atoms with Gasteiger partial charge < -0.3 is 14.6 Å². The molecule has 0 aliphatic carbocycles. The van der Waals surface area contributed by atoms with E-state index >= 15 is 0 Å². The molecule has 1 rings (SSSR count). The van der Waals surface area contributed by atoms with E-state index in [0.29, 0.717) is 13.2 Å². The van der Waals surface area contributed by atoms with E-state index in [1.807, 2.05) is 25.1 Å². The van der Waals surface area contributed by atoms with Crippen LogP contribution in [0.1, 0.15) is 31.9 Å². The lowest BCUT2D eigenvalue weighted by atomic mass is 10.1. The fourth-order valence-corrected chi connectivity index (χ4v) is 1.81. The average molecular weight is 303 g/mol. The highest BCUT2D eigenvalue weighted by atomic mass is 79.9. The number of aliphatic hydroxyl groups excluding tert-OH is 1. The van der Waals surface area contributed by atoms with Gasteiger partial charge in [-0.3, -0.25) is 0 Å². The fraction of sp³-hybridized carbons (Fsp3) is 0.538. The molecule has 3 nitrogen and oxygen atoms in total. The van der Waals surface area contributed by atoms with Crippen molar-refractivity contribution >= 4 is 15.9 Å². The Kier molecular flexibility index (Phi) is 6.55. The summed E-state index contributed by atoms with van der Waals surface area (Å²) in [6.45, 7) is 5.73. The predicted octanol–water partition coefficient (Wildman–Crippen LogP) is 3.31. The lowest BCUT2D eigenvalue weighted by molar-refractivity contribution is 0.129. The van der Waals surface area contributed by atoms with Crippen molar-refractivity contribution in [1.82, 2.24) is 0 Å². The first-order valence-electron chi connectivity index (χ1n) is 5.83. The molecule has 4 heteroatoms. The molecule has 0 aliphatic heterocycles. The van der Waals surface area contributed by atoms with Crippen molar-refractivity contribution in [3.63, 3.8) is 0 Å². The smallest absolute Gasteiger partial charge is 0.126 e. The number of benzene rings is 1. The number of hydrogen-bond donors (Lipinski definition) is 1. The second-order valence-corrected chi connectivity index (χ2v) is 4.67. The van der Waals surface area contributed by atoms with E-state index in [1.165, 1.54) is 0 Å². The molecule has 0 bridgehead atoms. The van der Waals surface area contributed by atoms with Crippen LogP contribution in [0.25, 0.3) is 0 Å². The van der Waals surface area contributed by atoms with Crippen molar-refractivity contribution < 1.29 is 14.6 Å². The third kappa shape index (κ3) is 5.06. The van der Waals surface area contributed by atoms with E-state index in [0.717, 1.165) is 28.8 Å². The van der Waals surface area contributed by atoms with Crippen LogP contribution >= 0.6 is 15.9 Å². The SMILES string of the molecule is CCOCCCOc1cc(Br)ccc1[C@@H](C)O. The number of aliphatic hydroxyl groups is 1. The van der Waals surface area contributed by atoms with Gasteiger partial charge in [0.2, 0.25) is 0 Å². The highest BCUT2D eigenvalue weighted by Crippen LogP contribution is 2.28. The van der Waals surface area contributed by atoms with Gasteiger partial charge in [0.1, 0.15) is 5.75 Å². The minimum atomic E-state index is -0.523. The zero-order valence-corrected chi connectivity index (χ0v) is 11.9. The summed E-state index contributed by atoms with van der Waals surface area (Å²) in [5.74, 6) is 0.728. The standard InChI is InChI=1S/C13H19BrO3/c1-3-16-7-4-8-17-13-9-11(14)5-6-12(13)10(2)15/h5-6,9-10,15H,3-4,7-8H2,1-2H3/t10-/m1/s1. The molecule has 0 amide bonds. The van der Waals surface area contributed by atoms with Gasteiger partial charge in [-0.05, 0) is 26.0 Å². The molecule has 1 N–H and O–H groups in total. The number of hydrogen-bond acceptors (Lipinski definition) is 3. The fourth-order valence-electron chi connectivity index (χ4n) is 1.47. The van der Waals surface area contributed by atoms with Crippen LogP contribution in [0.3, 0.4) is 0 Å². The Bertz CT molecular complexity index is 339. The summed E-state index contributed by atoms with van der Waals surface area (Å²) in [5, 5.41) is 9.62. The topological polar surface area (TPSA) is 38.7 Å². The Balaban J connectivity index is 2.53. The first kappa shape index (κ1) is 14.5. The van der Waals surface area contributed by atoms with Crippen molar-refractivity contribution in [1.29, 1.82) is 0 Å². The van der Waals surface area contributed by atoms with Gasteiger partial charge in [0.25, 0.3) is 0 Å². The van der Waals surface area contributed by atoms with Gasteiger partial charge in [-0.25, -0.2) is 0 Å². The molecule has 1 aromatic carbocycles. The van der Waals surface area contributed by atoms with Crippen molar-refractivity contribution in [3.05, 3.63) is 28.2 Å². The van der Waals surface area contributed by atoms with Gasteiger partial charge in [0.05, 0.1) is 12.7 Å². The molecule has 1 aromatic rings. The van der Waals surface area contributed by atoms with E-state index in [-0.39, 0.29) is 0 Å². The third-order valence-corrected chi connectivity index (χ3v) is 2.81. The van der Waals surface area contributed by atoms with Crippen molar-refractivity contribution in [3.8, 4) is 5.75 Å². The summed E-state index contributed by atoms with van der Waals surface area (Å²) in [4.78, 5) is 0. The summed E-state index contributed by atoms with van der Waals surface area (Å²) in [6, 6.07) is 5.64. The van der Waals surface area contributed by atoms with Crippen LogP contribution < -0.4 is 4.74 Å². The third-order valence-electron chi connectivity index (χ3n) is 2.32. The quantitative estimate of drug-likeness (QED) is 0.785. The Labute approximate surface area is 111 Å². The Hall–Kier alpha value is -0.580. The maximum atomic E-state index is 9.62. The van der Waals surface area contributed by atoms with Crippen LogP contribution in [0.5, 0.6) is 5.75 Å². The van der Waals surface area contributed by atoms with Crippen LogP contribution in [0.2, 0.25) is 0 Å². The summed E-state index contributed by atoms with van der Waals surface area (Å²) >= 11 is 3.39. The van der Waals surface area contributed by atoms with Gasteiger partial charge in [-0.15, -0.1) is 0 Å². The number of rotatable bonds is 7. The van der Waals surface area contributed by atoms with Gasteiger partial charge in [0.15, 0.2) is 0 Å². The molecular formula is C13H19BrO3. The molecule has 0 unspecified atom stereocenters. The molecule has 0 heterocycles. The van der Waals surface area contributed by atoms with Gasteiger partial charge in [-0.1, -0.05) is 22.0 Å². The van der Waals surface area contributed by atoms with Crippen LogP contribution in [-0.2, 0) is 4.74 Å². The summed E-state index contributed by atoms with van der Waals surface area (Å²) in [6.07, 6.45) is 0.324. The summed E-state index contributed by atoms with van der Waals surface area (Å²) in [5.41, 5.74) is 0.810. The molecule has 0 aromatic heterocycles. The highest BCUT2D eigenvalue weighted by Gasteiger charge is 2.09. The van der Waals surface area contributed by atoms with E-state index in [2.05, 4.69) is 15.9 Å². The molecule has 0 saturated heterocycles. The predicted molar refractivity (Wildman–Crippen MR) is 71.4 cm³/mol. The number of ether oxygens (including phenoxy) is 2. The monoisotopic (exact) mass is 302 g/mol. The molecular weight excluding hydrogens is 284 g/mol. The molecule has 0 spiro atoms. The molecule has 17 heavy (non-hydrogen) atoms. The number of halogens is 1. The zero-order chi connectivity index (χ0) is 12.7. The molecule has 0 fully saturated rings. The first-order chi connectivity index (χ1) is 8.15. The zero-order valence-electron chi connectivity index (χ0n) is 10.3. The minimum Gasteiger partial charge on any atom is -0.493 e. The summed E-state index contributed by atoms with van der Waals surface area (Å²) < 4.78 is 11.8. The molecule has 0 saturated carbocycles. The van der Waals surface area contributed by atoms with Crippen molar-refractivity contribution in [2.45, 2.75) is 26.4 Å². The Morgan fingerprint density at radius 3 is 2.76 bits per heavy atom. The van der Waals surface area contributed by atoms with Crippen molar-refractivity contribution in [2.75, 3.05) is 19.8 Å². The van der Waals surface area contributed by atoms with E-state index in [4.69, 9.17) is 9.47 Å². The largest absolute Gasteiger partial charge is 0.493 e. The van der Waals surface area contributed by atoms with Gasteiger partial charge in [-0.2, -0.15) is 0 Å². The normalized spacial score (nSPS) is 12.5. The summed E-state index contributed by atoms with van der Waals surface area (Å²) in [7, 11) is 0. The van der Waals surface area contributed by atoms with Crippen LogP contribution in [0.4, 0.5) is 0 Å². The lowest BCUT2D eigenvalue weighted by Crippen LogP contribution is -2.05. The molecule has 1 atom stereocenters. The molecule has 0 radical (unpaired) electrons. The van der Waals surface area contributed by atoms with Gasteiger partial charge in [0, 0.05) is 29.7 Å². The second-order valence-electron chi connectivity index (χ2n) is 3.76. The van der Waals surface area contributed by atoms with E-state index in [1.54, 1.807) is 6.92 Å². The molecule has 96 valence electrons. The first-order valence-corrected chi connectivity index (χ1v) is 6.62. The molecule has 0 aliphatic rings. The highest BCUT2D eigenvalue weighted by molar-refractivity contribution is 9.10. The van der Waals surface area contributed by atoms with Gasteiger partial charge >= 0.3 is 0 Å². The van der Waals surface area contributed by atoms with E-state index in [9.17, 15) is 5.11 Å². The van der Waals surface area contributed by atoms with E-state index < -0.39 is 6.10 Å². The second kappa shape index (κ2) is 7.69. The lowest BCUT2D eigenvalue weighted by Gasteiger charge is -2.13. The van der Waals surface area contributed by atoms with Crippen molar-refractivity contribution in [2.24, 2.45) is 0 Å².